The maximum Gasteiger partial charge on any atom is 0.0734 e. The molecule has 11 aromatic rings. The van der Waals surface area contributed by atoms with Crippen LogP contribution in [0, 0.1) is 0 Å². The highest BCUT2D eigenvalue weighted by Gasteiger charge is 2.21. The molecular weight excluding hydrogens is 631 g/mol. The predicted molar refractivity (Wildman–Crippen MR) is 215 cm³/mol. The van der Waals surface area contributed by atoms with E-state index in [0.29, 0.717) is 0 Å². The molecule has 1 nitrogen and oxygen atoms in total. The molecule has 0 fully saturated rings. The molecule has 0 radical (unpaired) electrons. The Balaban J connectivity index is 1.10. The number of hydrogen-bond acceptors (Lipinski definition) is 2. The Labute approximate surface area is 290 Å². The van der Waals surface area contributed by atoms with E-state index >= 15 is 0 Å². The van der Waals surface area contributed by atoms with Crippen LogP contribution in [-0.4, -0.2) is 4.57 Å². The molecule has 0 aliphatic rings. The van der Waals surface area contributed by atoms with Gasteiger partial charge in [-0.2, -0.15) is 0 Å². The van der Waals surface area contributed by atoms with Gasteiger partial charge in [0.1, 0.15) is 0 Å². The van der Waals surface area contributed by atoms with E-state index in [1.165, 1.54) is 101 Å². The summed E-state index contributed by atoms with van der Waals surface area (Å²) in [5, 5.41) is 10.6. The summed E-state index contributed by atoms with van der Waals surface area (Å²) in [6.07, 6.45) is 0. The Hall–Kier alpha value is -5.74. The second kappa shape index (κ2) is 10.4. The third-order valence-electron chi connectivity index (χ3n) is 10.2. The fourth-order valence-corrected chi connectivity index (χ4v) is 10.4. The fourth-order valence-electron chi connectivity index (χ4n) is 7.93. The third-order valence-corrected chi connectivity index (χ3v) is 12.6. The van der Waals surface area contributed by atoms with E-state index in [-0.39, 0.29) is 0 Å². The molecule has 0 N–H and O–H groups in total. The quantitative estimate of drug-likeness (QED) is 0.167. The van der Waals surface area contributed by atoms with Crippen molar-refractivity contribution in [2.75, 3.05) is 0 Å². The second-order valence-corrected chi connectivity index (χ2v) is 15.0. The molecule has 8 aromatic carbocycles. The summed E-state index contributed by atoms with van der Waals surface area (Å²) >= 11 is 3.81. The van der Waals surface area contributed by atoms with Gasteiger partial charge in [0, 0.05) is 46.7 Å². The average Bonchev–Trinajstić information content (AvgIpc) is 3.84. The van der Waals surface area contributed by atoms with Crippen LogP contribution in [-0.2, 0) is 0 Å². The minimum Gasteiger partial charge on any atom is -0.308 e. The molecule has 0 unspecified atom stereocenters. The summed E-state index contributed by atoms with van der Waals surface area (Å²) in [5.41, 5.74) is 8.71. The van der Waals surface area contributed by atoms with E-state index in [2.05, 4.69) is 168 Å². The van der Waals surface area contributed by atoms with Crippen LogP contribution in [0.1, 0.15) is 0 Å². The van der Waals surface area contributed by atoms with Crippen molar-refractivity contribution in [1.29, 1.82) is 0 Å². The van der Waals surface area contributed by atoms with Gasteiger partial charge in [0.25, 0.3) is 0 Å². The normalized spacial score (nSPS) is 12.1. The summed E-state index contributed by atoms with van der Waals surface area (Å²) in [5.74, 6) is 0. The molecule has 228 valence electrons. The van der Waals surface area contributed by atoms with E-state index in [1.807, 2.05) is 22.7 Å². The maximum atomic E-state index is 2.50. The standard InChI is InChI=1S/C46H27NS2/c1-2-10-28(11-3-1)30-20-24-41-38(26-30)39-27-31(21-25-42(39)48-41)29-18-22-32(23-19-29)47-40-17-9-8-16-37(40)46-44(47)43-35-14-6-4-12-33(35)34-13-5-7-15-36(34)45(43)49-46/h1-27H. The molecule has 0 saturated carbocycles. The molecule has 0 amide bonds. The van der Waals surface area contributed by atoms with Crippen LogP contribution in [0.25, 0.3) is 101 Å². The maximum absolute atomic E-state index is 2.50. The topological polar surface area (TPSA) is 4.93 Å². The van der Waals surface area contributed by atoms with Crippen molar-refractivity contribution in [2.24, 2.45) is 0 Å². The highest BCUT2D eigenvalue weighted by Crippen LogP contribution is 2.48. The Morgan fingerprint density at radius 3 is 1.57 bits per heavy atom. The number of hydrogen-bond donors (Lipinski definition) is 0. The first-order valence-corrected chi connectivity index (χ1v) is 18.3. The van der Waals surface area contributed by atoms with Gasteiger partial charge >= 0.3 is 0 Å². The minimum atomic E-state index is 1.18. The van der Waals surface area contributed by atoms with Crippen LogP contribution in [0.4, 0.5) is 0 Å². The Kier molecular flexibility index (Phi) is 5.77. The van der Waals surface area contributed by atoms with E-state index < -0.39 is 0 Å². The number of rotatable bonds is 3. The van der Waals surface area contributed by atoms with E-state index in [0.717, 1.165) is 0 Å². The molecule has 0 aliphatic carbocycles. The molecule has 0 aliphatic heterocycles. The molecule has 0 atom stereocenters. The van der Waals surface area contributed by atoms with Gasteiger partial charge in [-0.15, -0.1) is 22.7 Å². The lowest BCUT2D eigenvalue weighted by Crippen LogP contribution is -1.94. The van der Waals surface area contributed by atoms with E-state index in [1.54, 1.807) is 0 Å². The van der Waals surface area contributed by atoms with Crippen LogP contribution < -0.4 is 0 Å². The smallest absolute Gasteiger partial charge is 0.0734 e. The zero-order valence-corrected chi connectivity index (χ0v) is 28.0. The molecular formula is C46H27NS2. The molecule has 0 spiro atoms. The van der Waals surface area contributed by atoms with Gasteiger partial charge in [0.05, 0.1) is 15.7 Å². The van der Waals surface area contributed by atoms with Crippen LogP contribution in [0.15, 0.2) is 164 Å². The van der Waals surface area contributed by atoms with E-state index in [9.17, 15) is 0 Å². The second-order valence-electron chi connectivity index (χ2n) is 12.9. The van der Waals surface area contributed by atoms with Crippen molar-refractivity contribution in [3.63, 3.8) is 0 Å². The Morgan fingerprint density at radius 1 is 0.347 bits per heavy atom. The van der Waals surface area contributed by atoms with Gasteiger partial charge in [-0.3, -0.25) is 0 Å². The largest absolute Gasteiger partial charge is 0.308 e. The molecule has 3 heteroatoms. The third kappa shape index (κ3) is 3.98. The summed E-state index contributed by atoms with van der Waals surface area (Å²) in [4.78, 5) is 0. The zero-order valence-electron chi connectivity index (χ0n) is 26.4. The lowest BCUT2D eigenvalue weighted by molar-refractivity contribution is 1.19. The number of para-hydroxylation sites is 1. The van der Waals surface area contributed by atoms with Crippen molar-refractivity contribution in [1.82, 2.24) is 4.57 Å². The Bertz CT molecular complexity index is 3090. The summed E-state index contributed by atoms with van der Waals surface area (Å²) in [6.45, 7) is 0. The summed E-state index contributed by atoms with van der Waals surface area (Å²) in [7, 11) is 0. The number of fused-ring (bicyclic) bond motifs is 13. The van der Waals surface area contributed by atoms with E-state index in [4.69, 9.17) is 0 Å². The van der Waals surface area contributed by atoms with Crippen LogP contribution in [0.5, 0.6) is 0 Å². The number of benzene rings is 8. The van der Waals surface area contributed by atoms with Gasteiger partial charge in [0.15, 0.2) is 0 Å². The predicted octanol–water partition coefficient (Wildman–Crippen LogP) is 14.0. The van der Waals surface area contributed by atoms with Crippen molar-refractivity contribution in [3.05, 3.63) is 164 Å². The lowest BCUT2D eigenvalue weighted by atomic mass is 9.98. The minimum absolute atomic E-state index is 1.18. The van der Waals surface area contributed by atoms with Crippen molar-refractivity contribution in [2.45, 2.75) is 0 Å². The number of aromatic nitrogens is 1. The molecule has 11 rings (SSSR count). The Morgan fingerprint density at radius 2 is 0.878 bits per heavy atom. The highest BCUT2D eigenvalue weighted by molar-refractivity contribution is 7.28. The SMILES string of the molecule is c1ccc(-c2ccc3sc4ccc(-c5ccc(-n6c7ccccc7c7sc8c9ccccc9c9ccccc9c8c76)cc5)cc4c3c2)cc1. The van der Waals surface area contributed by atoms with Crippen molar-refractivity contribution in [3.8, 4) is 27.9 Å². The summed E-state index contributed by atoms with van der Waals surface area (Å²) < 4.78 is 7.86. The molecule has 49 heavy (non-hydrogen) atoms. The highest BCUT2D eigenvalue weighted by atomic mass is 32.1. The molecule has 3 heterocycles. The lowest BCUT2D eigenvalue weighted by Gasteiger charge is -2.12. The zero-order chi connectivity index (χ0) is 32.1. The average molecular weight is 658 g/mol. The van der Waals surface area contributed by atoms with Gasteiger partial charge in [0.2, 0.25) is 0 Å². The first-order valence-electron chi connectivity index (χ1n) is 16.7. The summed E-state index contributed by atoms with van der Waals surface area (Å²) in [6, 6.07) is 60.4. The van der Waals surface area contributed by atoms with Gasteiger partial charge < -0.3 is 4.57 Å². The monoisotopic (exact) mass is 657 g/mol. The van der Waals surface area contributed by atoms with Gasteiger partial charge in [-0.25, -0.2) is 0 Å². The first kappa shape index (κ1) is 27.2. The number of thiophene rings is 2. The van der Waals surface area contributed by atoms with Crippen LogP contribution in [0.3, 0.4) is 0 Å². The van der Waals surface area contributed by atoms with Crippen LogP contribution >= 0.6 is 22.7 Å². The fraction of sp³-hybridized carbons (Fsp3) is 0. The molecule has 0 saturated heterocycles. The van der Waals surface area contributed by atoms with Crippen LogP contribution in [0.2, 0.25) is 0 Å². The van der Waals surface area contributed by atoms with Crippen molar-refractivity contribution >= 4 is 95.6 Å². The van der Waals surface area contributed by atoms with Crippen molar-refractivity contribution < 1.29 is 0 Å². The van der Waals surface area contributed by atoms with Gasteiger partial charge in [-0.05, 0) is 80.9 Å². The van der Waals surface area contributed by atoms with Gasteiger partial charge in [-0.1, -0.05) is 121 Å². The molecule has 3 aromatic heterocycles. The molecule has 0 bridgehead atoms. The first-order chi connectivity index (χ1) is 24.3. The number of nitrogens with zero attached hydrogens (tertiary/aromatic N) is 1.